The van der Waals surface area contributed by atoms with Gasteiger partial charge in [-0.15, -0.1) is 0 Å². The minimum atomic E-state index is -0.814. The number of carbonyl (C=O) groups is 3. The monoisotopic (exact) mass is 396 g/mol. The van der Waals surface area contributed by atoms with Gasteiger partial charge in [0, 0.05) is 20.0 Å². The number of hydrogen-bond donors (Lipinski definition) is 1. The second kappa shape index (κ2) is 8.87. The quantitative estimate of drug-likeness (QED) is 0.692. The van der Waals surface area contributed by atoms with Crippen molar-refractivity contribution in [2.75, 3.05) is 27.2 Å². The van der Waals surface area contributed by atoms with Crippen LogP contribution in [0.2, 0.25) is 0 Å². The summed E-state index contributed by atoms with van der Waals surface area (Å²) in [5, 5.41) is 10.3. The molecule has 1 aliphatic heterocycles. The third-order valence-corrected chi connectivity index (χ3v) is 5.02. The highest BCUT2D eigenvalue weighted by atomic mass is 16.5. The van der Waals surface area contributed by atoms with Gasteiger partial charge in [-0.1, -0.05) is 24.3 Å². The molecule has 0 aromatic heterocycles. The maximum absolute atomic E-state index is 12.4. The second-order valence-corrected chi connectivity index (χ2v) is 6.97. The van der Waals surface area contributed by atoms with Crippen LogP contribution in [0.3, 0.4) is 0 Å². The Balaban J connectivity index is 1.48. The molecule has 0 aliphatic carbocycles. The smallest absolute Gasteiger partial charge is 0.261 e. The van der Waals surface area contributed by atoms with Gasteiger partial charge in [-0.2, -0.15) is 0 Å². The van der Waals surface area contributed by atoms with E-state index in [0.717, 1.165) is 0 Å². The number of imide groups is 1. The Bertz CT molecular complexity index is 875. The summed E-state index contributed by atoms with van der Waals surface area (Å²) in [7, 11) is 3.19. The Kier molecular flexibility index (Phi) is 6.29. The Hall–Kier alpha value is -3.19. The summed E-state index contributed by atoms with van der Waals surface area (Å²) in [6, 6.07) is 13.7. The van der Waals surface area contributed by atoms with Crippen LogP contribution < -0.4 is 4.74 Å². The average Bonchev–Trinajstić information content (AvgIpc) is 2.98. The van der Waals surface area contributed by atoms with Crippen molar-refractivity contribution >= 4 is 17.7 Å². The highest BCUT2D eigenvalue weighted by Gasteiger charge is 2.34. The number of hydrogen-bond acceptors (Lipinski definition) is 5. The molecule has 0 fully saturated rings. The zero-order valence-electron chi connectivity index (χ0n) is 16.5. The fourth-order valence-corrected chi connectivity index (χ4v) is 3.31. The molecule has 1 N–H and O–H groups in total. The van der Waals surface area contributed by atoms with Gasteiger partial charge in [0.2, 0.25) is 5.91 Å². The molecule has 7 heteroatoms. The maximum atomic E-state index is 12.4. The molecule has 2 aromatic carbocycles. The van der Waals surface area contributed by atoms with E-state index in [1.165, 1.54) is 9.80 Å². The van der Waals surface area contributed by atoms with Gasteiger partial charge in [0.25, 0.3) is 11.8 Å². The number of likely N-dealkylation sites (N-methyl/N-ethyl adjacent to an activating group) is 1. The Morgan fingerprint density at radius 2 is 1.66 bits per heavy atom. The van der Waals surface area contributed by atoms with E-state index in [-0.39, 0.29) is 37.2 Å². The molecule has 2 aromatic rings. The molecule has 0 radical (unpaired) electrons. The second-order valence-electron chi connectivity index (χ2n) is 6.97. The van der Waals surface area contributed by atoms with E-state index in [1.807, 2.05) is 0 Å². The van der Waals surface area contributed by atoms with Gasteiger partial charge in [-0.25, -0.2) is 0 Å². The Morgan fingerprint density at radius 3 is 2.21 bits per heavy atom. The van der Waals surface area contributed by atoms with Gasteiger partial charge in [0.1, 0.15) is 5.75 Å². The highest BCUT2D eigenvalue weighted by molar-refractivity contribution is 6.21. The summed E-state index contributed by atoms with van der Waals surface area (Å²) in [6.07, 6.45) is -0.266. The van der Waals surface area contributed by atoms with Gasteiger partial charge in [-0.3, -0.25) is 19.3 Å². The van der Waals surface area contributed by atoms with Crippen molar-refractivity contribution in [3.63, 3.8) is 0 Å². The van der Waals surface area contributed by atoms with Crippen molar-refractivity contribution in [2.24, 2.45) is 0 Å². The summed E-state index contributed by atoms with van der Waals surface area (Å²) >= 11 is 0. The van der Waals surface area contributed by atoms with E-state index >= 15 is 0 Å². The number of rotatable bonds is 8. The lowest BCUT2D eigenvalue weighted by Gasteiger charge is -2.22. The number of fused-ring (bicyclic) bond motifs is 1. The number of methoxy groups -OCH3 is 1. The lowest BCUT2D eigenvalue weighted by atomic mass is 10.1. The number of aliphatic hydroxyl groups is 1. The standard InChI is InChI=1S/C22H24N2O5/c1-23(14-19(25)15-9-11-16(29-2)12-10-15)20(26)8-5-13-24-21(27)17-6-3-4-7-18(17)22(24)28/h3-4,6-7,9-12,19,25H,5,8,13-14H2,1-2H3. The molecule has 0 bridgehead atoms. The van der Waals surface area contributed by atoms with Crippen molar-refractivity contribution in [2.45, 2.75) is 18.9 Å². The Labute approximate surface area is 169 Å². The summed E-state index contributed by atoms with van der Waals surface area (Å²) in [5.41, 5.74) is 1.50. The molecule has 0 saturated carbocycles. The summed E-state index contributed by atoms with van der Waals surface area (Å²) < 4.78 is 5.09. The van der Waals surface area contributed by atoms with E-state index in [0.29, 0.717) is 28.9 Å². The Morgan fingerprint density at radius 1 is 1.07 bits per heavy atom. The zero-order chi connectivity index (χ0) is 21.0. The van der Waals surface area contributed by atoms with Crippen LogP contribution in [-0.2, 0) is 4.79 Å². The summed E-state index contributed by atoms with van der Waals surface area (Å²) in [5.74, 6) is -0.102. The summed E-state index contributed by atoms with van der Waals surface area (Å²) in [6.45, 7) is 0.338. The van der Waals surface area contributed by atoms with E-state index in [4.69, 9.17) is 4.74 Å². The number of nitrogens with zero attached hydrogens (tertiary/aromatic N) is 2. The van der Waals surface area contributed by atoms with Crippen molar-refractivity contribution in [1.29, 1.82) is 0 Å². The van der Waals surface area contributed by atoms with E-state index in [1.54, 1.807) is 62.7 Å². The van der Waals surface area contributed by atoms with Crippen LogP contribution in [0.15, 0.2) is 48.5 Å². The fraction of sp³-hybridized carbons (Fsp3) is 0.318. The zero-order valence-corrected chi connectivity index (χ0v) is 16.5. The third kappa shape index (κ3) is 4.46. The molecule has 1 unspecified atom stereocenters. The van der Waals surface area contributed by atoms with Crippen molar-refractivity contribution < 1.29 is 24.2 Å². The topological polar surface area (TPSA) is 87.2 Å². The largest absolute Gasteiger partial charge is 0.497 e. The molecule has 152 valence electrons. The lowest BCUT2D eigenvalue weighted by molar-refractivity contribution is -0.131. The first-order chi connectivity index (χ1) is 13.9. The van der Waals surface area contributed by atoms with Crippen LogP contribution in [0.5, 0.6) is 5.75 Å². The molecule has 3 amide bonds. The molecule has 0 spiro atoms. The number of carbonyl (C=O) groups excluding carboxylic acids is 3. The molecule has 0 saturated heterocycles. The van der Waals surface area contributed by atoms with Crippen molar-refractivity contribution in [3.8, 4) is 5.75 Å². The molecule has 3 rings (SSSR count). The van der Waals surface area contributed by atoms with Crippen LogP contribution in [-0.4, -0.2) is 59.9 Å². The normalized spacial score (nSPS) is 14.0. The first-order valence-electron chi connectivity index (χ1n) is 9.43. The van der Waals surface area contributed by atoms with Gasteiger partial charge in [0.15, 0.2) is 0 Å². The number of ether oxygens (including phenoxy) is 1. The average molecular weight is 396 g/mol. The fourth-order valence-electron chi connectivity index (χ4n) is 3.31. The van der Waals surface area contributed by atoms with Gasteiger partial charge in [-0.05, 0) is 36.2 Å². The van der Waals surface area contributed by atoms with E-state index in [9.17, 15) is 19.5 Å². The van der Waals surface area contributed by atoms with Crippen molar-refractivity contribution in [1.82, 2.24) is 9.80 Å². The molecule has 1 atom stereocenters. The van der Waals surface area contributed by atoms with E-state index in [2.05, 4.69) is 0 Å². The molecular formula is C22H24N2O5. The molecular weight excluding hydrogens is 372 g/mol. The van der Waals surface area contributed by atoms with E-state index < -0.39 is 6.10 Å². The van der Waals surface area contributed by atoms with Gasteiger partial charge >= 0.3 is 0 Å². The predicted molar refractivity (Wildman–Crippen MR) is 107 cm³/mol. The minimum Gasteiger partial charge on any atom is -0.497 e. The first-order valence-corrected chi connectivity index (χ1v) is 9.43. The van der Waals surface area contributed by atoms with Crippen LogP contribution in [0.4, 0.5) is 0 Å². The van der Waals surface area contributed by atoms with Gasteiger partial charge < -0.3 is 14.7 Å². The molecule has 7 nitrogen and oxygen atoms in total. The van der Waals surface area contributed by atoms with Gasteiger partial charge in [0.05, 0.1) is 30.9 Å². The molecule has 29 heavy (non-hydrogen) atoms. The molecule has 1 heterocycles. The number of aliphatic hydroxyl groups excluding tert-OH is 1. The lowest BCUT2D eigenvalue weighted by Crippen LogP contribution is -2.33. The number of amides is 3. The minimum absolute atomic E-state index is 0.151. The highest BCUT2D eigenvalue weighted by Crippen LogP contribution is 2.23. The van der Waals surface area contributed by atoms with Crippen LogP contribution in [0, 0.1) is 0 Å². The number of benzene rings is 2. The van der Waals surface area contributed by atoms with Crippen LogP contribution >= 0.6 is 0 Å². The maximum Gasteiger partial charge on any atom is 0.261 e. The van der Waals surface area contributed by atoms with Crippen LogP contribution in [0.1, 0.15) is 45.2 Å². The van der Waals surface area contributed by atoms with Crippen molar-refractivity contribution in [3.05, 3.63) is 65.2 Å². The van der Waals surface area contributed by atoms with Crippen LogP contribution in [0.25, 0.3) is 0 Å². The summed E-state index contributed by atoms with van der Waals surface area (Å²) in [4.78, 5) is 39.7. The molecule has 1 aliphatic rings. The SMILES string of the molecule is COc1ccc(C(O)CN(C)C(=O)CCCN2C(=O)c3ccccc3C2=O)cc1. The predicted octanol–water partition coefficient (Wildman–Crippen LogP) is 2.26. The third-order valence-electron chi connectivity index (χ3n) is 5.02. The first kappa shape index (κ1) is 20.5.